The number of H-pyrrole nitrogens is 1. The summed E-state index contributed by atoms with van der Waals surface area (Å²) >= 11 is 0. The van der Waals surface area contributed by atoms with Gasteiger partial charge in [0, 0.05) is 13.1 Å². The number of alkyl halides is 6. The lowest BCUT2D eigenvalue weighted by molar-refractivity contribution is -0.138. The highest BCUT2D eigenvalue weighted by molar-refractivity contribution is 5.78. The van der Waals surface area contributed by atoms with Crippen molar-refractivity contribution < 1.29 is 26.3 Å². The highest BCUT2D eigenvalue weighted by atomic mass is 19.4. The van der Waals surface area contributed by atoms with E-state index in [1.807, 2.05) is 4.90 Å². The van der Waals surface area contributed by atoms with Crippen molar-refractivity contribution in [2.75, 3.05) is 18.0 Å². The molecule has 0 atom stereocenters. The van der Waals surface area contributed by atoms with Crippen LogP contribution in [0.3, 0.4) is 0 Å². The number of benzene rings is 2. The van der Waals surface area contributed by atoms with Gasteiger partial charge in [0.1, 0.15) is 0 Å². The molecule has 0 aliphatic carbocycles. The number of anilines is 1. The van der Waals surface area contributed by atoms with Crippen molar-refractivity contribution >= 4 is 17.0 Å². The minimum Gasteiger partial charge on any atom is -0.342 e. The van der Waals surface area contributed by atoms with E-state index in [0.29, 0.717) is 43.0 Å². The van der Waals surface area contributed by atoms with Gasteiger partial charge in [0.15, 0.2) is 0 Å². The molecule has 1 aliphatic rings. The van der Waals surface area contributed by atoms with Crippen molar-refractivity contribution in [2.24, 2.45) is 0 Å². The number of aromatic nitrogens is 2. The van der Waals surface area contributed by atoms with Crippen molar-refractivity contribution in [1.29, 1.82) is 0 Å². The van der Waals surface area contributed by atoms with Crippen LogP contribution < -0.4 is 4.90 Å². The fourth-order valence-electron chi connectivity index (χ4n) is 3.84. The molecule has 0 spiro atoms. The van der Waals surface area contributed by atoms with Crippen LogP contribution in [0.15, 0.2) is 42.5 Å². The molecule has 1 aromatic heterocycles. The van der Waals surface area contributed by atoms with E-state index in [1.165, 1.54) is 18.2 Å². The molecule has 0 bridgehead atoms. The summed E-state index contributed by atoms with van der Waals surface area (Å²) in [5.41, 5.74) is -0.388. The second kappa shape index (κ2) is 6.96. The molecule has 0 amide bonds. The first-order valence-electron chi connectivity index (χ1n) is 9.11. The summed E-state index contributed by atoms with van der Waals surface area (Å²) in [6.07, 6.45) is -7.85. The van der Waals surface area contributed by atoms with Gasteiger partial charge < -0.3 is 9.88 Å². The van der Waals surface area contributed by atoms with E-state index in [0.717, 1.165) is 18.2 Å². The summed E-state index contributed by atoms with van der Waals surface area (Å²) in [6.45, 7) is 0.922. The molecule has 0 unspecified atom stereocenters. The van der Waals surface area contributed by atoms with Gasteiger partial charge in [-0.3, -0.25) is 0 Å². The van der Waals surface area contributed by atoms with Gasteiger partial charge in [-0.1, -0.05) is 18.2 Å². The predicted octanol–water partition coefficient (Wildman–Crippen LogP) is 5.98. The van der Waals surface area contributed by atoms with Crippen LogP contribution in [0.2, 0.25) is 0 Å². The van der Waals surface area contributed by atoms with Crippen molar-refractivity contribution in [3.05, 3.63) is 59.2 Å². The smallest absolute Gasteiger partial charge is 0.342 e. The first kappa shape index (κ1) is 19.6. The fraction of sp³-hybridized carbons (Fsp3) is 0.350. The SMILES string of the molecule is FC(F)(F)c1ccc2nc(N3CCC(c4ccccc4C(F)(F)F)CC3)[nH]c2c1. The zero-order valence-electron chi connectivity index (χ0n) is 15.1. The molecule has 2 heterocycles. The molecular formula is C20H17F6N3. The van der Waals surface area contributed by atoms with Gasteiger partial charge in [-0.2, -0.15) is 26.3 Å². The average Bonchev–Trinajstić information content (AvgIpc) is 3.10. The Morgan fingerprint density at radius 1 is 0.897 bits per heavy atom. The van der Waals surface area contributed by atoms with Gasteiger partial charge in [-0.05, 0) is 48.6 Å². The van der Waals surface area contributed by atoms with E-state index in [-0.39, 0.29) is 11.4 Å². The summed E-state index contributed by atoms with van der Waals surface area (Å²) in [5, 5.41) is 0. The van der Waals surface area contributed by atoms with Gasteiger partial charge in [0.05, 0.1) is 22.2 Å². The van der Waals surface area contributed by atoms with Crippen molar-refractivity contribution in [3.63, 3.8) is 0 Å². The average molecular weight is 413 g/mol. The largest absolute Gasteiger partial charge is 0.416 e. The first-order valence-corrected chi connectivity index (χ1v) is 9.11. The Bertz CT molecular complexity index is 1010. The third-order valence-electron chi connectivity index (χ3n) is 5.30. The first-order chi connectivity index (χ1) is 13.6. The molecule has 3 aromatic rings. The lowest BCUT2D eigenvalue weighted by Crippen LogP contribution is -2.34. The quantitative estimate of drug-likeness (QED) is 0.524. The number of nitrogens with one attached hydrogen (secondary N) is 1. The van der Waals surface area contributed by atoms with Gasteiger partial charge in [-0.25, -0.2) is 4.98 Å². The zero-order valence-corrected chi connectivity index (χ0v) is 15.1. The lowest BCUT2D eigenvalue weighted by Gasteiger charge is -2.33. The maximum absolute atomic E-state index is 13.3. The number of hydrogen-bond acceptors (Lipinski definition) is 2. The van der Waals surface area contributed by atoms with Crippen molar-refractivity contribution in [2.45, 2.75) is 31.1 Å². The summed E-state index contributed by atoms with van der Waals surface area (Å²) in [5.74, 6) is 0.201. The van der Waals surface area contributed by atoms with Crippen LogP contribution in [0.5, 0.6) is 0 Å². The van der Waals surface area contributed by atoms with Crippen LogP contribution in [0.1, 0.15) is 35.4 Å². The Balaban J connectivity index is 1.52. The third-order valence-corrected chi connectivity index (χ3v) is 5.30. The Hall–Kier alpha value is -2.71. The number of imidazole rings is 1. The number of aromatic amines is 1. The molecule has 1 saturated heterocycles. The summed E-state index contributed by atoms with van der Waals surface area (Å²) < 4.78 is 78.4. The molecule has 0 radical (unpaired) electrons. The Kier molecular flexibility index (Phi) is 4.71. The second-order valence-corrected chi connectivity index (χ2v) is 7.14. The standard InChI is InChI=1S/C20H17F6N3/c21-19(22,23)13-5-6-16-17(11-13)28-18(27-16)29-9-7-12(8-10-29)14-3-1-2-4-15(14)20(24,25)26/h1-6,11-12H,7-10H2,(H,27,28). The van der Waals surface area contributed by atoms with Crippen LogP contribution in [-0.4, -0.2) is 23.1 Å². The van der Waals surface area contributed by atoms with Crippen molar-refractivity contribution in [1.82, 2.24) is 9.97 Å². The normalized spacial score (nSPS) is 16.6. The van der Waals surface area contributed by atoms with E-state index in [1.54, 1.807) is 6.07 Å². The van der Waals surface area contributed by atoms with E-state index in [9.17, 15) is 26.3 Å². The Morgan fingerprint density at radius 3 is 2.24 bits per heavy atom. The lowest BCUT2D eigenvalue weighted by atomic mass is 9.86. The third kappa shape index (κ3) is 3.90. The molecule has 1 fully saturated rings. The van der Waals surface area contributed by atoms with Gasteiger partial charge in [0.25, 0.3) is 0 Å². The zero-order chi connectivity index (χ0) is 20.8. The maximum atomic E-state index is 13.3. The molecule has 1 N–H and O–H groups in total. The molecule has 0 saturated carbocycles. The van der Waals surface area contributed by atoms with E-state index >= 15 is 0 Å². The molecule has 3 nitrogen and oxygen atoms in total. The van der Waals surface area contributed by atoms with Gasteiger partial charge in [-0.15, -0.1) is 0 Å². The molecule has 9 heteroatoms. The highest BCUT2D eigenvalue weighted by Gasteiger charge is 2.36. The van der Waals surface area contributed by atoms with Crippen LogP contribution >= 0.6 is 0 Å². The number of nitrogens with zero attached hydrogens (tertiary/aromatic N) is 2. The minimum absolute atomic E-state index is 0.231. The molecule has 4 rings (SSSR count). The number of piperidine rings is 1. The van der Waals surface area contributed by atoms with E-state index < -0.39 is 23.5 Å². The Morgan fingerprint density at radius 2 is 1.59 bits per heavy atom. The number of halogens is 6. The topological polar surface area (TPSA) is 31.9 Å². The monoisotopic (exact) mass is 413 g/mol. The van der Waals surface area contributed by atoms with Crippen molar-refractivity contribution in [3.8, 4) is 0 Å². The minimum atomic E-state index is -4.44. The maximum Gasteiger partial charge on any atom is 0.416 e. The van der Waals surface area contributed by atoms with E-state index in [4.69, 9.17) is 0 Å². The second-order valence-electron chi connectivity index (χ2n) is 7.14. The van der Waals surface area contributed by atoms with Crippen LogP contribution in [-0.2, 0) is 12.4 Å². The van der Waals surface area contributed by atoms with Crippen LogP contribution in [0.25, 0.3) is 11.0 Å². The molecule has 29 heavy (non-hydrogen) atoms. The Labute approximate surface area is 162 Å². The number of hydrogen-bond donors (Lipinski definition) is 1. The molecule has 1 aliphatic heterocycles. The molecule has 2 aromatic carbocycles. The summed E-state index contributed by atoms with van der Waals surface area (Å²) in [4.78, 5) is 9.10. The van der Waals surface area contributed by atoms with Crippen LogP contribution in [0, 0.1) is 0 Å². The molecular weight excluding hydrogens is 396 g/mol. The van der Waals surface area contributed by atoms with E-state index in [2.05, 4.69) is 9.97 Å². The van der Waals surface area contributed by atoms with Gasteiger partial charge in [0.2, 0.25) is 5.95 Å². The summed E-state index contributed by atoms with van der Waals surface area (Å²) in [6, 6.07) is 8.90. The fourth-order valence-corrected chi connectivity index (χ4v) is 3.84. The number of rotatable bonds is 2. The highest BCUT2D eigenvalue weighted by Crippen LogP contribution is 2.39. The number of fused-ring (bicyclic) bond motifs is 1. The summed E-state index contributed by atoms with van der Waals surface area (Å²) in [7, 11) is 0. The molecule has 154 valence electrons. The predicted molar refractivity (Wildman–Crippen MR) is 96.7 cm³/mol. The van der Waals surface area contributed by atoms with Crippen LogP contribution in [0.4, 0.5) is 32.3 Å². The van der Waals surface area contributed by atoms with Gasteiger partial charge >= 0.3 is 12.4 Å².